The van der Waals surface area contributed by atoms with E-state index in [-0.39, 0.29) is 17.9 Å². The molecule has 0 bridgehead atoms. The van der Waals surface area contributed by atoms with Crippen LogP contribution >= 0.6 is 22.9 Å². The van der Waals surface area contributed by atoms with Gasteiger partial charge in [0.15, 0.2) is 14.1 Å². The van der Waals surface area contributed by atoms with Crippen molar-refractivity contribution < 1.29 is 73.2 Å². The third kappa shape index (κ3) is 49.1. The van der Waals surface area contributed by atoms with Crippen LogP contribution in [0.25, 0.3) is 0 Å². The summed E-state index contributed by atoms with van der Waals surface area (Å²) in [7, 11) is 5.54. The number of halogens is 1. The summed E-state index contributed by atoms with van der Waals surface area (Å²) in [6.07, 6.45) is 15.9. The number of aliphatic hydroxyl groups is 5. The highest BCUT2D eigenvalue weighted by molar-refractivity contribution is 14.1. The highest BCUT2D eigenvalue weighted by Gasteiger charge is 2.35. The molecule has 0 aliphatic heterocycles. The monoisotopic (exact) mass is 1420 g/mol. The topological polar surface area (TPSA) is 302 Å². The predicted octanol–water partition coefficient (Wildman–Crippen LogP) is 10.4. The zero-order chi connectivity index (χ0) is 69.6. The molecule has 6 amide bonds. The van der Waals surface area contributed by atoms with Gasteiger partial charge in [0.2, 0.25) is 5.91 Å². The van der Waals surface area contributed by atoms with E-state index in [1.54, 1.807) is 19.6 Å². The Morgan fingerprint density at radius 2 is 0.739 bits per heavy atom. The summed E-state index contributed by atoms with van der Waals surface area (Å²) in [5.41, 5.74) is -2.83. The molecule has 538 valence electrons. The number of aliphatic hydroxyl groups excluding tert-OH is 5. The van der Waals surface area contributed by atoms with Gasteiger partial charge in [-0.1, -0.05) is 103 Å². The van der Waals surface area contributed by atoms with Gasteiger partial charge < -0.3 is 79.9 Å². The van der Waals surface area contributed by atoms with E-state index in [4.69, 9.17) is 32.0 Å². The van der Waals surface area contributed by atoms with Crippen molar-refractivity contribution in [1.29, 1.82) is 0 Å². The second kappa shape index (κ2) is 50.9. The standard InChI is InChI=1S/C67H130BIN8O15/c1-64(2,3)89-60(85)74(48-36-42-72-68)44-32-34-46-76(62(87)91-66(7,8)9)50-53(51-77(63(88)92-67(10,11)12)47-35-33-45-75(49-37-43-73-69)61(86)90-65(4,5)6)38-28-25-27-30-40-70-55(80)39-29-24-22-20-18-16-14-13-15-17-19-21-23-26-31-41-71-59(84)58(83)57(82)56(81)54(79)52-78/h53-54,56-58,72-73,78-79,81-83H,13-52H2,1-12H3,(H,70,80)(H,71,84)/t53?,54-,56+,57+,58+/m1/s1. The van der Waals surface area contributed by atoms with Crippen LogP contribution in [0.15, 0.2) is 0 Å². The normalized spacial score (nSPS) is 13.7. The van der Waals surface area contributed by atoms with Crippen LogP contribution in [0, 0.1) is 5.92 Å². The van der Waals surface area contributed by atoms with Crippen LogP contribution in [0.5, 0.6) is 0 Å². The van der Waals surface area contributed by atoms with E-state index in [1.807, 2.05) is 83.1 Å². The van der Waals surface area contributed by atoms with Gasteiger partial charge in [-0.15, -0.1) is 0 Å². The van der Waals surface area contributed by atoms with Crippen LogP contribution in [0.3, 0.4) is 0 Å². The van der Waals surface area contributed by atoms with Crippen molar-refractivity contribution in [2.45, 2.75) is 303 Å². The molecule has 0 aromatic rings. The third-order valence-corrected chi connectivity index (χ3v) is 15.5. The van der Waals surface area contributed by atoms with Crippen LogP contribution in [-0.2, 0) is 28.5 Å². The number of unbranched alkanes of at least 4 members (excludes halogenated alkanes) is 19. The number of carbonyl (C=O) groups excluding carboxylic acids is 6. The molecule has 0 aliphatic rings. The minimum absolute atomic E-state index is 0.0833. The molecule has 0 aromatic carbocycles. The van der Waals surface area contributed by atoms with E-state index < -0.39 is 77.6 Å². The van der Waals surface area contributed by atoms with E-state index >= 15 is 0 Å². The van der Waals surface area contributed by atoms with Crippen molar-refractivity contribution in [1.82, 2.24) is 39.0 Å². The van der Waals surface area contributed by atoms with Gasteiger partial charge in [-0.25, -0.2) is 19.2 Å². The fraction of sp³-hybridized carbons (Fsp3) is 0.910. The first-order valence-corrected chi connectivity index (χ1v) is 35.9. The summed E-state index contributed by atoms with van der Waals surface area (Å²) in [6, 6.07) is 0. The smallest absolute Gasteiger partial charge is 0.410 e. The van der Waals surface area contributed by atoms with E-state index in [2.05, 4.69) is 42.3 Å². The lowest BCUT2D eigenvalue weighted by Crippen LogP contribution is -2.51. The zero-order valence-electron chi connectivity index (χ0n) is 59.2. The number of rotatable bonds is 52. The van der Waals surface area contributed by atoms with Crippen molar-refractivity contribution in [2.24, 2.45) is 5.92 Å². The molecule has 0 saturated carbocycles. The molecule has 0 saturated heterocycles. The second-order valence-electron chi connectivity index (χ2n) is 28.7. The minimum atomic E-state index is -1.91. The molecule has 1 unspecified atom stereocenters. The van der Waals surface area contributed by atoms with E-state index in [1.165, 1.54) is 44.9 Å². The molecular weight excluding hydrogens is 1290 g/mol. The lowest BCUT2D eigenvalue weighted by atomic mass is 9.98. The Kier molecular flexibility index (Phi) is 48.9. The van der Waals surface area contributed by atoms with Crippen LogP contribution in [0.2, 0.25) is 0 Å². The summed E-state index contributed by atoms with van der Waals surface area (Å²) in [4.78, 5) is 86.5. The van der Waals surface area contributed by atoms with Crippen molar-refractivity contribution in [3.05, 3.63) is 0 Å². The number of hydrogen-bond acceptors (Lipinski definition) is 17. The first-order valence-electron chi connectivity index (χ1n) is 34.8. The number of nitrogens with one attached hydrogen (secondary N) is 4. The summed E-state index contributed by atoms with van der Waals surface area (Å²) in [5, 5.41) is 56.1. The van der Waals surface area contributed by atoms with E-state index in [9.17, 15) is 49.2 Å². The largest absolute Gasteiger partial charge is 0.444 e. The Hall–Kier alpha value is -3.47. The van der Waals surface area contributed by atoms with Gasteiger partial charge in [0, 0.05) is 101 Å². The summed E-state index contributed by atoms with van der Waals surface area (Å²) >= 11 is 2.10. The quantitative estimate of drug-likeness (QED) is 0.00899. The van der Waals surface area contributed by atoms with Gasteiger partial charge in [0.25, 0.3) is 5.91 Å². The van der Waals surface area contributed by atoms with Gasteiger partial charge in [0.05, 0.1) is 6.61 Å². The Labute approximate surface area is 570 Å². The molecule has 0 heterocycles. The molecular formula is C67H130BIN8O15. The van der Waals surface area contributed by atoms with Crippen molar-refractivity contribution in [3.63, 3.8) is 0 Å². The average molecular weight is 1430 g/mol. The van der Waals surface area contributed by atoms with Gasteiger partial charge in [-0.05, 0) is 160 Å². The summed E-state index contributed by atoms with van der Waals surface area (Å²) in [6.45, 7) is 26.7. The van der Waals surface area contributed by atoms with E-state index in [0.29, 0.717) is 117 Å². The van der Waals surface area contributed by atoms with E-state index in [0.717, 1.165) is 90.0 Å². The van der Waals surface area contributed by atoms with Gasteiger partial charge in [-0.2, -0.15) is 0 Å². The van der Waals surface area contributed by atoms with Crippen LogP contribution < -0.4 is 19.4 Å². The number of nitrogens with zero attached hydrogens (tertiary/aromatic N) is 4. The average Bonchev–Trinajstić information content (AvgIpc) is 1.34. The van der Waals surface area contributed by atoms with Gasteiger partial charge in [0.1, 0.15) is 40.7 Å². The molecule has 2 radical (unpaired) electrons. The predicted molar refractivity (Wildman–Crippen MR) is 372 cm³/mol. The molecule has 9 N–H and O–H groups in total. The maximum Gasteiger partial charge on any atom is 0.410 e. The number of carbonyl (C=O) groups is 6. The minimum Gasteiger partial charge on any atom is -0.444 e. The maximum atomic E-state index is 14.1. The van der Waals surface area contributed by atoms with Crippen LogP contribution in [0.4, 0.5) is 19.2 Å². The molecule has 23 nitrogen and oxygen atoms in total. The maximum absolute atomic E-state index is 14.1. The van der Waals surface area contributed by atoms with Crippen LogP contribution in [-0.4, -0.2) is 221 Å². The zero-order valence-corrected chi connectivity index (χ0v) is 61.4. The van der Waals surface area contributed by atoms with Gasteiger partial charge in [-0.3, -0.25) is 13.1 Å². The first kappa shape index (κ1) is 88.5. The Balaban J connectivity index is 5.47. The molecule has 0 fully saturated rings. The number of hydrogen-bond donors (Lipinski definition) is 9. The molecule has 0 aromatic heterocycles. The van der Waals surface area contributed by atoms with Gasteiger partial charge >= 0.3 is 24.4 Å². The molecule has 25 heteroatoms. The van der Waals surface area contributed by atoms with Crippen LogP contribution in [0.1, 0.15) is 256 Å². The lowest BCUT2D eigenvalue weighted by Gasteiger charge is -2.34. The highest BCUT2D eigenvalue weighted by Crippen LogP contribution is 2.22. The fourth-order valence-electron chi connectivity index (χ4n) is 10.1. The first-order chi connectivity index (χ1) is 43.2. The molecule has 5 atom stereocenters. The Morgan fingerprint density at radius 3 is 1.11 bits per heavy atom. The molecule has 0 spiro atoms. The van der Waals surface area contributed by atoms with Crippen molar-refractivity contribution >= 4 is 67.0 Å². The summed E-state index contributed by atoms with van der Waals surface area (Å²) < 4.78 is 26.6. The highest BCUT2D eigenvalue weighted by atomic mass is 127. The van der Waals surface area contributed by atoms with Crippen molar-refractivity contribution in [2.75, 3.05) is 85.1 Å². The summed E-state index contributed by atoms with van der Waals surface area (Å²) in [5.74, 6) is -0.910. The Morgan fingerprint density at radius 1 is 0.413 bits per heavy atom. The molecule has 0 aliphatic carbocycles. The molecule has 0 rings (SSSR count). The third-order valence-electron chi connectivity index (χ3n) is 15.0. The fourth-order valence-corrected chi connectivity index (χ4v) is 10.5. The second-order valence-corrected chi connectivity index (χ2v) is 29.4. The number of amides is 6. The Bertz CT molecular complexity index is 1880. The SMILES string of the molecule is [B]NCCCN(CCCCN(CC(CCCCCCNC(=O)CCCCCCCCCCCCCCCCCNC(=O)[C@@H](O)[C@@H](O)[C@@H](O)[C@H](O)CO)CN(CCCCN(CCCNI)C(=O)OC(C)(C)C)C(=O)OC(C)(C)C)C(=O)OC(C)(C)C)C(=O)OC(C)(C)C. The number of ether oxygens (including phenoxy) is 4. The van der Waals surface area contributed by atoms with Crippen molar-refractivity contribution in [3.8, 4) is 0 Å². The molecule has 92 heavy (non-hydrogen) atoms. The lowest BCUT2D eigenvalue weighted by molar-refractivity contribution is -0.148.